The predicted octanol–water partition coefficient (Wildman–Crippen LogP) is 5.02. The number of ether oxygens (including phenoxy) is 1. The Kier molecular flexibility index (Phi) is 5.54. The molecule has 0 saturated heterocycles. The molecule has 0 amide bonds. The summed E-state index contributed by atoms with van der Waals surface area (Å²) >= 11 is 0. The van der Waals surface area contributed by atoms with E-state index in [2.05, 4.69) is 6.92 Å². The number of aryl methyl sites for hydroxylation is 1. The first kappa shape index (κ1) is 17.5. The number of allylic oxidation sites excluding steroid dienone is 1. The van der Waals surface area contributed by atoms with Gasteiger partial charge in [-0.15, -0.1) is 0 Å². The summed E-state index contributed by atoms with van der Waals surface area (Å²) in [4.78, 5) is 12.1. The predicted molar refractivity (Wildman–Crippen MR) is 100 cm³/mol. The highest BCUT2D eigenvalue weighted by atomic mass is 16.5. The zero-order chi connectivity index (χ0) is 18.4. The number of phenols is 1. The second-order valence-electron chi connectivity index (χ2n) is 5.84. The van der Waals surface area contributed by atoms with Gasteiger partial charge in [0.15, 0.2) is 5.78 Å². The molecule has 3 aromatic rings. The van der Waals surface area contributed by atoms with E-state index in [-0.39, 0.29) is 11.5 Å². The summed E-state index contributed by atoms with van der Waals surface area (Å²) < 4.78 is 11.3. The Morgan fingerprint density at radius 2 is 1.92 bits per heavy atom. The minimum atomic E-state index is -0.203. The lowest BCUT2D eigenvalue weighted by molar-refractivity contribution is 0.104. The molecule has 0 aliphatic carbocycles. The molecule has 1 N–H and O–H groups in total. The fraction of sp³-hybridized carbons (Fsp3) is 0.136. The summed E-state index contributed by atoms with van der Waals surface area (Å²) in [5.74, 6) is 1.89. The summed E-state index contributed by atoms with van der Waals surface area (Å²) in [7, 11) is 0. The zero-order valence-electron chi connectivity index (χ0n) is 14.5. The molecule has 4 nitrogen and oxygen atoms in total. The molecule has 132 valence electrons. The van der Waals surface area contributed by atoms with Gasteiger partial charge < -0.3 is 14.3 Å². The average molecular weight is 348 g/mol. The van der Waals surface area contributed by atoms with Crippen LogP contribution in [0.5, 0.6) is 11.5 Å². The summed E-state index contributed by atoms with van der Waals surface area (Å²) in [5, 5.41) is 9.42. The Balaban J connectivity index is 1.57. The maximum atomic E-state index is 12.1. The van der Waals surface area contributed by atoms with Crippen molar-refractivity contribution in [2.75, 3.05) is 0 Å². The minimum absolute atomic E-state index is 0.0636. The van der Waals surface area contributed by atoms with Crippen LogP contribution >= 0.6 is 0 Å². The fourth-order valence-corrected chi connectivity index (χ4v) is 2.45. The van der Waals surface area contributed by atoms with Gasteiger partial charge in [0, 0.05) is 5.56 Å². The van der Waals surface area contributed by atoms with E-state index in [9.17, 15) is 9.90 Å². The second kappa shape index (κ2) is 8.21. The molecular formula is C22H20O4. The van der Waals surface area contributed by atoms with Gasteiger partial charge in [0.2, 0.25) is 0 Å². The van der Waals surface area contributed by atoms with E-state index in [0.717, 1.165) is 12.2 Å². The van der Waals surface area contributed by atoms with Gasteiger partial charge in [0.1, 0.15) is 29.6 Å². The lowest BCUT2D eigenvalue weighted by atomic mass is 10.1. The minimum Gasteiger partial charge on any atom is -0.508 e. The van der Waals surface area contributed by atoms with Gasteiger partial charge in [-0.1, -0.05) is 31.2 Å². The SMILES string of the molecule is CCc1ccc(OCc2ccc(/C=C/C(=O)c3cccc(O)c3)o2)cc1. The van der Waals surface area contributed by atoms with E-state index in [1.54, 1.807) is 24.3 Å². The molecule has 2 aromatic carbocycles. The Morgan fingerprint density at radius 1 is 1.12 bits per heavy atom. The highest BCUT2D eigenvalue weighted by Crippen LogP contribution is 2.17. The van der Waals surface area contributed by atoms with Crippen LogP contribution in [0.25, 0.3) is 6.08 Å². The molecule has 0 unspecified atom stereocenters. The average Bonchev–Trinajstić information content (AvgIpc) is 3.13. The molecule has 0 saturated carbocycles. The number of hydrogen-bond donors (Lipinski definition) is 1. The molecule has 26 heavy (non-hydrogen) atoms. The maximum absolute atomic E-state index is 12.1. The van der Waals surface area contributed by atoms with E-state index in [0.29, 0.717) is 23.7 Å². The van der Waals surface area contributed by atoms with Crippen molar-refractivity contribution in [2.24, 2.45) is 0 Å². The summed E-state index contributed by atoms with van der Waals surface area (Å²) in [6.07, 6.45) is 4.02. The number of carbonyl (C=O) groups excluding carboxylic acids is 1. The lowest BCUT2D eigenvalue weighted by Crippen LogP contribution is -1.94. The third kappa shape index (κ3) is 4.63. The van der Waals surface area contributed by atoms with Crippen LogP contribution in [0.2, 0.25) is 0 Å². The Bertz CT molecular complexity index is 904. The lowest BCUT2D eigenvalue weighted by Gasteiger charge is -2.04. The molecule has 1 aromatic heterocycles. The topological polar surface area (TPSA) is 59.7 Å². The van der Waals surface area contributed by atoms with Gasteiger partial charge in [0.25, 0.3) is 0 Å². The van der Waals surface area contributed by atoms with Crippen LogP contribution in [0.3, 0.4) is 0 Å². The molecule has 1 heterocycles. The van der Waals surface area contributed by atoms with Crippen molar-refractivity contribution in [2.45, 2.75) is 20.0 Å². The van der Waals surface area contributed by atoms with Crippen LogP contribution in [-0.4, -0.2) is 10.9 Å². The number of phenolic OH excluding ortho intramolecular Hbond substituents is 1. The molecule has 0 aliphatic rings. The number of aromatic hydroxyl groups is 1. The van der Waals surface area contributed by atoms with Gasteiger partial charge in [-0.2, -0.15) is 0 Å². The number of ketones is 1. The van der Waals surface area contributed by atoms with Crippen LogP contribution < -0.4 is 4.74 Å². The van der Waals surface area contributed by atoms with Crippen molar-refractivity contribution in [1.82, 2.24) is 0 Å². The van der Waals surface area contributed by atoms with Crippen LogP contribution in [0, 0.1) is 0 Å². The van der Waals surface area contributed by atoms with Crippen molar-refractivity contribution in [3.8, 4) is 11.5 Å². The maximum Gasteiger partial charge on any atom is 0.186 e. The molecule has 0 radical (unpaired) electrons. The normalized spacial score (nSPS) is 11.0. The zero-order valence-corrected chi connectivity index (χ0v) is 14.5. The van der Waals surface area contributed by atoms with Gasteiger partial charge in [-0.25, -0.2) is 0 Å². The van der Waals surface area contributed by atoms with Crippen molar-refractivity contribution in [3.05, 3.63) is 89.4 Å². The highest BCUT2D eigenvalue weighted by Gasteiger charge is 2.05. The number of carbonyl (C=O) groups is 1. The van der Waals surface area contributed by atoms with Crippen molar-refractivity contribution >= 4 is 11.9 Å². The molecular weight excluding hydrogens is 328 g/mol. The van der Waals surface area contributed by atoms with Crippen LogP contribution in [0.1, 0.15) is 34.4 Å². The first-order valence-corrected chi connectivity index (χ1v) is 8.46. The third-order valence-electron chi connectivity index (χ3n) is 3.92. The Morgan fingerprint density at radius 3 is 2.65 bits per heavy atom. The van der Waals surface area contributed by atoms with Gasteiger partial charge in [0.05, 0.1) is 0 Å². The largest absolute Gasteiger partial charge is 0.508 e. The first-order chi connectivity index (χ1) is 12.6. The molecule has 4 heteroatoms. The number of rotatable bonds is 7. The fourth-order valence-electron chi connectivity index (χ4n) is 2.45. The van der Waals surface area contributed by atoms with Gasteiger partial charge in [-0.3, -0.25) is 4.79 Å². The Hall–Kier alpha value is -3.27. The van der Waals surface area contributed by atoms with Gasteiger partial charge >= 0.3 is 0 Å². The standard InChI is InChI=1S/C22H20O4/c1-2-16-6-8-19(9-7-16)25-15-21-11-10-20(26-21)12-13-22(24)17-4-3-5-18(23)14-17/h3-14,23H,2,15H2,1H3/b13-12+. The number of benzene rings is 2. The first-order valence-electron chi connectivity index (χ1n) is 8.46. The molecule has 0 spiro atoms. The number of hydrogen-bond acceptors (Lipinski definition) is 4. The third-order valence-corrected chi connectivity index (χ3v) is 3.92. The number of furan rings is 1. The van der Waals surface area contributed by atoms with E-state index < -0.39 is 0 Å². The smallest absolute Gasteiger partial charge is 0.186 e. The van der Waals surface area contributed by atoms with Crippen LogP contribution in [0.15, 0.2) is 71.2 Å². The van der Waals surface area contributed by atoms with E-state index in [1.807, 2.05) is 30.3 Å². The highest BCUT2D eigenvalue weighted by molar-refractivity contribution is 6.06. The van der Waals surface area contributed by atoms with Crippen LogP contribution in [0.4, 0.5) is 0 Å². The summed E-state index contributed by atoms with van der Waals surface area (Å²) in [5.41, 5.74) is 1.69. The molecule has 0 bridgehead atoms. The van der Waals surface area contributed by atoms with E-state index in [4.69, 9.17) is 9.15 Å². The van der Waals surface area contributed by atoms with Gasteiger partial charge in [-0.05, 0) is 60.5 Å². The molecule has 3 rings (SSSR count). The van der Waals surface area contributed by atoms with Crippen molar-refractivity contribution in [3.63, 3.8) is 0 Å². The Labute approximate surface area is 152 Å². The van der Waals surface area contributed by atoms with Crippen molar-refractivity contribution < 1.29 is 19.1 Å². The monoisotopic (exact) mass is 348 g/mol. The summed E-state index contributed by atoms with van der Waals surface area (Å²) in [6, 6.07) is 17.8. The molecule has 0 atom stereocenters. The molecule has 0 aliphatic heterocycles. The molecule has 0 fully saturated rings. The van der Waals surface area contributed by atoms with Crippen molar-refractivity contribution in [1.29, 1.82) is 0 Å². The summed E-state index contributed by atoms with van der Waals surface area (Å²) in [6.45, 7) is 2.43. The second-order valence-corrected chi connectivity index (χ2v) is 5.84. The van der Waals surface area contributed by atoms with Crippen LogP contribution in [-0.2, 0) is 13.0 Å². The van der Waals surface area contributed by atoms with E-state index >= 15 is 0 Å². The van der Waals surface area contributed by atoms with E-state index in [1.165, 1.54) is 23.8 Å². The quantitative estimate of drug-likeness (QED) is 0.481.